The second-order valence-electron chi connectivity index (χ2n) is 5.08. The third kappa shape index (κ3) is 5.05. The molecule has 4 nitrogen and oxygen atoms in total. The molecule has 0 bridgehead atoms. The largest absolute Gasteiger partial charge is 0.354 e. The van der Waals surface area contributed by atoms with Gasteiger partial charge in [0.1, 0.15) is 0 Å². The number of hydrogen-bond acceptors (Lipinski definition) is 2. The van der Waals surface area contributed by atoms with Gasteiger partial charge in [-0.05, 0) is 23.1 Å². The van der Waals surface area contributed by atoms with Crippen molar-refractivity contribution in [2.24, 2.45) is 0 Å². The van der Waals surface area contributed by atoms with Gasteiger partial charge in [0.25, 0.3) is 0 Å². The Balaban J connectivity index is 1.86. The van der Waals surface area contributed by atoms with Gasteiger partial charge < -0.3 is 10.6 Å². The van der Waals surface area contributed by atoms with E-state index in [-0.39, 0.29) is 18.4 Å². The summed E-state index contributed by atoms with van der Waals surface area (Å²) in [6, 6.07) is 18.5. The molecule has 4 heteroatoms. The molecule has 0 aliphatic rings. The first-order valence-corrected chi connectivity index (χ1v) is 7.30. The van der Waals surface area contributed by atoms with E-state index in [1.54, 1.807) is 0 Å². The van der Waals surface area contributed by atoms with Crippen LogP contribution in [0.4, 0.5) is 0 Å². The van der Waals surface area contributed by atoms with E-state index in [1.165, 1.54) is 23.6 Å². The van der Waals surface area contributed by atoms with Gasteiger partial charge in [-0.25, -0.2) is 0 Å². The Hall–Kier alpha value is -2.62. The van der Waals surface area contributed by atoms with Crippen LogP contribution in [0.15, 0.2) is 54.6 Å². The molecule has 2 aromatic rings. The van der Waals surface area contributed by atoms with Gasteiger partial charge in [0.05, 0.1) is 6.54 Å². The first kappa shape index (κ1) is 15.8. The predicted octanol–water partition coefficient (Wildman–Crippen LogP) is 2.15. The maximum atomic E-state index is 11.5. The molecule has 0 aromatic heterocycles. The summed E-state index contributed by atoms with van der Waals surface area (Å²) in [4.78, 5) is 22.2. The fraction of sp³-hybridized carbons (Fsp3) is 0.222. The van der Waals surface area contributed by atoms with E-state index in [1.807, 2.05) is 30.3 Å². The number of amides is 2. The maximum Gasteiger partial charge on any atom is 0.239 e. The van der Waals surface area contributed by atoms with Crippen molar-refractivity contribution in [3.05, 3.63) is 60.2 Å². The Morgan fingerprint density at radius 1 is 0.909 bits per heavy atom. The molecular weight excluding hydrogens is 276 g/mol. The average molecular weight is 296 g/mol. The molecule has 114 valence electrons. The molecule has 2 aromatic carbocycles. The van der Waals surface area contributed by atoms with Crippen LogP contribution in [-0.4, -0.2) is 24.9 Å². The summed E-state index contributed by atoms with van der Waals surface area (Å²) >= 11 is 0. The lowest BCUT2D eigenvalue weighted by Gasteiger charge is -2.07. The van der Waals surface area contributed by atoms with Crippen molar-refractivity contribution in [1.29, 1.82) is 0 Å². The van der Waals surface area contributed by atoms with Gasteiger partial charge in [-0.2, -0.15) is 0 Å². The van der Waals surface area contributed by atoms with E-state index < -0.39 is 0 Å². The van der Waals surface area contributed by atoms with E-state index in [0.29, 0.717) is 6.54 Å². The highest BCUT2D eigenvalue weighted by Gasteiger charge is 2.02. The van der Waals surface area contributed by atoms with E-state index in [2.05, 4.69) is 34.9 Å². The van der Waals surface area contributed by atoms with Gasteiger partial charge in [0, 0.05) is 13.5 Å². The quantitative estimate of drug-likeness (QED) is 0.858. The van der Waals surface area contributed by atoms with E-state index in [0.717, 1.165) is 6.42 Å². The number of nitrogens with one attached hydrogen (secondary N) is 2. The Kier molecular flexibility index (Phi) is 5.72. The summed E-state index contributed by atoms with van der Waals surface area (Å²) in [6.07, 6.45) is 0.756. The third-order valence-corrected chi connectivity index (χ3v) is 3.27. The molecule has 0 radical (unpaired) electrons. The zero-order chi connectivity index (χ0) is 15.8. The van der Waals surface area contributed by atoms with Gasteiger partial charge in [-0.1, -0.05) is 54.6 Å². The molecule has 0 aliphatic carbocycles. The molecule has 0 saturated carbocycles. The molecule has 2 rings (SSSR count). The van der Waals surface area contributed by atoms with Gasteiger partial charge in [0.2, 0.25) is 11.8 Å². The van der Waals surface area contributed by atoms with E-state index in [9.17, 15) is 9.59 Å². The Labute approximate surface area is 130 Å². The Morgan fingerprint density at radius 2 is 1.64 bits per heavy atom. The molecule has 0 atom stereocenters. The summed E-state index contributed by atoms with van der Waals surface area (Å²) in [5, 5.41) is 5.27. The Bertz CT molecular complexity index is 639. The van der Waals surface area contributed by atoms with Crippen LogP contribution in [-0.2, 0) is 16.0 Å². The van der Waals surface area contributed by atoms with Crippen molar-refractivity contribution in [2.75, 3.05) is 13.1 Å². The summed E-state index contributed by atoms with van der Waals surface area (Å²) in [5.41, 5.74) is 3.52. The van der Waals surface area contributed by atoms with Gasteiger partial charge >= 0.3 is 0 Å². The lowest BCUT2D eigenvalue weighted by Crippen LogP contribution is -2.36. The highest BCUT2D eigenvalue weighted by Crippen LogP contribution is 2.19. The van der Waals surface area contributed by atoms with Crippen LogP contribution in [0.3, 0.4) is 0 Å². The highest BCUT2D eigenvalue weighted by molar-refractivity contribution is 5.83. The number of benzene rings is 2. The fourth-order valence-electron chi connectivity index (χ4n) is 2.15. The van der Waals surface area contributed by atoms with E-state index in [4.69, 9.17) is 0 Å². The zero-order valence-corrected chi connectivity index (χ0v) is 12.6. The SMILES string of the molecule is CC(=O)NCC(=O)NCCc1cccc(-c2ccccc2)c1. The smallest absolute Gasteiger partial charge is 0.239 e. The van der Waals surface area contributed by atoms with Gasteiger partial charge in [-0.15, -0.1) is 0 Å². The standard InChI is InChI=1S/C18H20N2O2/c1-14(21)20-13-18(22)19-11-10-15-6-5-9-17(12-15)16-7-3-2-4-8-16/h2-9,12H,10-11,13H2,1H3,(H,19,22)(H,20,21). The summed E-state index contributed by atoms with van der Waals surface area (Å²) < 4.78 is 0. The molecule has 2 N–H and O–H groups in total. The Morgan fingerprint density at radius 3 is 2.36 bits per heavy atom. The summed E-state index contributed by atoms with van der Waals surface area (Å²) in [6.45, 7) is 1.97. The van der Waals surface area contributed by atoms with Crippen LogP contribution in [0.5, 0.6) is 0 Å². The minimum absolute atomic E-state index is 0.0272. The van der Waals surface area contributed by atoms with Crippen molar-refractivity contribution >= 4 is 11.8 Å². The predicted molar refractivity (Wildman–Crippen MR) is 87.3 cm³/mol. The normalized spacial score (nSPS) is 10.0. The van der Waals surface area contributed by atoms with Crippen molar-refractivity contribution in [3.8, 4) is 11.1 Å². The second kappa shape index (κ2) is 7.98. The summed E-state index contributed by atoms with van der Waals surface area (Å²) in [5.74, 6) is -0.375. The van der Waals surface area contributed by atoms with Crippen LogP contribution in [0.1, 0.15) is 12.5 Å². The van der Waals surface area contributed by atoms with Crippen LogP contribution in [0.25, 0.3) is 11.1 Å². The minimum Gasteiger partial charge on any atom is -0.354 e. The second-order valence-corrected chi connectivity index (χ2v) is 5.08. The van der Waals surface area contributed by atoms with Crippen molar-refractivity contribution < 1.29 is 9.59 Å². The monoisotopic (exact) mass is 296 g/mol. The topological polar surface area (TPSA) is 58.2 Å². The van der Waals surface area contributed by atoms with Crippen molar-refractivity contribution in [2.45, 2.75) is 13.3 Å². The molecule has 2 amide bonds. The third-order valence-electron chi connectivity index (χ3n) is 3.27. The molecule has 0 aliphatic heterocycles. The molecule has 0 saturated heterocycles. The lowest BCUT2D eigenvalue weighted by atomic mass is 10.0. The van der Waals surface area contributed by atoms with Gasteiger partial charge in [0.15, 0.2) is 0 Å². The number of carbonyl (C=O) groups excluding carboxylic acids is 2. The summed E-state index contributed by atoms with van der Waals surface area (Å²) in [7, 11) is 0. The number of hydrogen-bond donors (Lipinski definition) is 2. The van der Waals surface area contributed by atoms with E-state index >= 15 is 0 Å². The van der Waals surface area contributed by atoms with Crippen LogP contribution in [0, 0.1) is 0 Å². The van der Waals surface area contributed by atoms with Crippen molar-refractivity contribution in [1.82, 2.24) is 10.6 Å². The highest BCUT2D eigenvalue weighted by atomic mass is 16.2. The zero-order valence-electron chi connectivity index (χ0n) is 12.6. The lowest BCUT2D eigenvalue weighted by molar-refractivity contribution is -0.125. The molecular formula is C18H20N2O2. The minimum atomic E-state index is -0.203. The maximum absolute atomic E-state index is 11.5. The molecule has 22 heavy (non-hydrogen) atoms. The number of rotatable bonds is 6. The molecule has 0 unspecified atom stereocenters. The number of carbonyl (C=O) groups is 2. The van der Waals surface area contributed by atoms with Crippen LogP contribution in [0.2, 0.25) is 0 Å². The van der Waals surface area contributed by atoms with Crippen LogP contribution < -0.4 is 10.6 Å². The molecule has 0 spiro atoms. The average Bonchev–Trinajstić information content (AvgIpc) is 2.54. The van der Waals surface area contributed by atoms with Gasteiger partial charge in [-0.3, -0.25) is 9.59 Å². The molecule has 0 heterocycles. The first-order chi connectivity index (χ1) is 10.6. The van der Waals surface area contributed by atoms with Crippen LogP contribution >= 0.6 is 0 Å². The van der Waals surface area contributed by atoms with Crippen molar-refractivity contribution in [3.63, 3.8) is 0 Å². The fourth-order valence-corrected chi connectivity index (χ4v) is 2.15. The first-order valence-electron chi connectivity index (χ1n) is 7.30. The molecule has 0 fully saturated rings.